The molecule has 0 bridgehead atoms. The summed E-state index contributed by atoms with van der Waals surface area (Å²) >= 11 is 0. The fraction of sp³-hybridized carbons (Fsp3) is 0.750. The van der Waals surface area contributed by atoms with Gasteiger partial charge in [-0.25, -0.2) is 9.97 Å². The lowest BCUT2D eigenvalue weighted by molar-refractivity contribution is 0.344. The van der Waals surface area contributed by atoms with E-state index in [9.17, 15) is 0 Å². The van der Waals surface area contributed by atoms with Crippen LogP contribution in [0.3, 0.4) is 0 Å². The highest BCUT2D eigenvalue weighted by molar-refractivity contribution is 5.40. The molecule has 4 N–H and O–H groups in total. The summed E-state index contributed by atoms with van der Waals surface area (Å²) in [4.78, 5) is 9.60. The van der Waals surface area contributed by atoms with Gasteiger partial charge in [-0.05, 0) is 51.6 Å². The van der Waals surface area contributed by atoms with Crippen LogP contribution in [0.25, 0.3) is 0 Å². The van der Waals surface area contributed by atoms with E-state index in [1.54, 1.807) is 0 Å². The van der Waals surface area contributed by atoms with Crippen molar-refractivity contribution in [3.63, 3.8) is 0 Å². The first kappa shape index (κ1) is 13.5. The molecule has 0 spiro atoms. The van der Waals surface area contributed by atoms with Crippen molar-refractivity contribution in [2.75, 3.05) is 18.4 Å². The molecular weight excluding hydrogens is 262 g/mol. The summed E-state index contributed by atoms with van der Waals surface area (Å²) < 4.78 is 0. The van der Waals surface area contributed by atoms with Gasteiger partial charge in [-0.1, -0.05) is 0 Å². The Hall–Kier alpha value is -1.20. The van der Waals surface area contributed by atoms with Crippen molar-refractivity contribution in [3.05, 3.63) is 17.6 Å². The molecule has 3 aliphatic rings. The Bertz CT molecular complexity index is 501. The molecule has 2 aliphatic carbocycles. The number of anilines is 1. The first-order valence-corrected chi connectivity index (χ1v) is 8.39. The van der Waals surface area contributed by atoms with E-state index in [1.165, 1.54) is 31.4 Å². The Labute approximate surface area is 126 Å². The van der Waals surface area contributed by atoms with E-state index in [4.69, 9.17) is 15.7 Å². The zero-order valence-electron chi connectivity index (χ0n) is 12.5. The van der Waals surface area contributed by atoms with Crippen LogP contribution in [0.2, 0.25) is 0 Å². The Kier molecular flexibility index (Phi) is 3.55. The fourth-order valence-corrected chi connectivity index (χ4v) is 3.37. The molecule has 4 rings (SSSR count). The minimum atomic E-state index is 0.371. The van der Waals surface area contributed by atoms with E-state index < -0.39 is 0 Å². The molecule has 0 atom stereocenters. The number of hydrogen-bond donors (Lipinski definition) is 3. The van der Waals surface area contributed by atoms with Gasteiger partial charge in [0.25, 0.3) is 0 Å². The Balaban J connectivity index is 1.53. The van der Waals surface area contributed by atoms with Gasteiger partial charge < -0.3 is 16.4 Å². The lowest BCUT2D eigenvalue weighted by atomic mass is 9.78. The van der Waals surface area contributed by atoms with Crippen molar-refractivity contribution in [3.8, 4) is 0 Å². The molecule has 0 unspecified atom stereocenters. The van der Waals surface area contributed by atoms with Gasteiger partial charge in [0, 0.05) is 35.7 Å². The summed E-state index contributed by atoms with van der Waals surface area (Å²) in [6.45, 7) is 2.20. The maximum atomic E-state index is 5.94. The molecule has 1 saturated heterocycles. The predicted octanol–water partition coefficient (Wildman–Crippen LogP) is 1.72. The maximum Gasteiger partial charge on any atom is 0.134 e. The highest BCUT2D eigenvalue weighted by Crippen LogP contribution is 2.41. The van der Waals surface area contributed by atoms with Crippen LogP contribution in [0.5, 0.6) is 0 Å². The molecule has 0 aromatic carbocycles. The molecule has 5 heteroatoms. The Morgan fingerprint density at radius 3 is 2.48 bits per heavy atom. The highest BCUT2D eigenvalue weighted by Gasteiger charge is 2.32. The van der Waals surface area contributed by atoms with Crippen LogP contribution in [0.4, 0.5) is 5.82 Å². The van der Waals surface area contributed by atoms with Gasteiger partial charge in [-0.3, -0.25) is 0 Å². The second-order valence-corrected chi connectivity index (χ2v) is 6.91. The van der Waals surface area contributed by atoms with Crippen LogP contribution >= 0.6 is 0 Å². The van der Waals surface area contributed by atoms with Crippen LogP contribution in [-0.4, -0.2) is 35.1 Å². The van der Waals surface area contributed by atoms with Gasteiger partial charge >= 0.3 is 0 Å². The van der Waals surface area contributed by atoms with Gasteiger partial charge in [-0.15, -0.1) is 0 Å². The van der Waals surface area contributed by atoms with Crippen LogP contribution in [0.1, 0.15) is 61.9 Å². The molecule has 1 aromatic rings. The Morgan fingerprint density at radius 1 is 1.05 bits per heavy atom. The van der Waals surface area contributed by atoms with E-state index in [2.05, 4.69) is 16.7 Å². The third kappa shape index (κ3) is 3.04. The summed E-state index contributed by atoms with van der Waals surface area (Å²) in [6.07, 6.45) is 7.00. The maximum absolute atomic E-state index is 5.94. The van der Waals surface area contributed by atoms with Gasteiger partial charge in [0.1, 0.15) is 11.6 Å². The molecule has 21 heavy (non-hydrogen) atoms. The summed E-state index contributed by atoms with van der Waals surface area (Å²) in [5.74, 6) is 3.25. The third-order valence-electron chi connectivity index (χ3n) is 4.99. The average Bonchev–Trinajstić information content (AvgIpc) is 3.29. The van der Waals surface area contributed by atoms with Crippen LogP contribution in [0.15, 0.2) is 6.07 Å². The van der Waals surface area contributed by atoms with Crippen molar-refractivity contribution in [2.24, 2.45) is 5.73 Å². The standard InChI is InChI=1S/C16H25N5/c17-12-7-11(8-12)14-9-15(19-13-3-5-18-6-4-13)21-16(20-14)10-1-2-10/h9-13,18H,1-8,17H2,(H,19,20,21). The number of nitrogens with two attached hydrogens (primary N) is 1. The van der Waals surface area contributed by atoms with Gasteiger partial charge in [0.15, 0.2) is 0 Å². The van der Waals surface area contributed by atoms with Crippen LogP contribution in [-0.2, 0) is 0 Å². The SMILES string of the molecule is NC1CC(c2cc(NC3CCNCC3)nc(C3CC3)n2)C1. The first-order valence-electron chi connectivity index (χ1n) is 8.39. The van der Waals surface area contributed by atoms with Gasteiger partial charge in [0.2, 0.25) is 0 Å². The number of hydrogen-bond acceptors (Lipinski definition) is 5. The van der Waals surface area contributed by atoms with Crippen molar-refractivity contribution < 1.29 is 0 Å². The summed E-state index contributed by atoms with van der Waals surface area (Å²) in [6, 6.07) is 3.09. The van der Waals surface area contributed by atoms with Gasteiger partial charge in [0.05, 0.1) is 0 Å². The largest absolute Gasteiger partial charge is 0.367 e. The third-order valence-corrected chi connectivity index (χ3v) is 4.99. The van der Waals surface area contributed by atoms with Crippen LogP contribution < -0.4 is 16.4 Å². The molecule has 2 saturated carbocycles. The van der Waals surface area contributed by atoms with E-state index in [0.29, 0.717) is 23.9 Å². The zero-order valence-corrected chi connectivity index (χ0v) is 12.5. The second kappa shape index (κ2) is 5.54. The number of piperidine rings is 1. The normalized spacial score (nSPS) is 30.0. The molecular formula is C16H25N5. The van der Waals surface area contributed by atoms with E-state index in [-0.39, 0.29) is 0 Å². The Morgan fingerprint density at radius 2 is 1.81 bits per heavy atom. The van der Waals surface area contributed by atoms with Gasteiger partial charge in [-0.2, -0.15) is 0 Å². The number of aromatic nitrogens is 2. The second-order valence-electron chi connectivity index (χ2n) is 6.91. The van der Waals surface area contributed by atoms with E-state index in [0.717, 1.165) is 37.6 Å². The summed E-state index contributed by atoms with van der Waals surface area (Å²) in [5, 5.41) is 7.04. The molecule has 1 aliphatic heterocycles. The quantitative estimate of drug-likeness (QED) is 0.786. The molecule has 114 valence electrons. The molecule has 1 aromatic heterocycles. The number of nitrogens with zero attached hydrogens (tertiary/aromatic N) is 2. The minimum Gasteiger partial charge on any atom is -0.367 e. The lowest BCUT2D eigenvalue weighted by Gasteiger charge is -2.32. The van der Waals surface area contributed by atoms with Crippen LogP contribution in [0, 0.1) is 0 Å². The minimum absolute atomic E-state index is 0.371. The molecule has 0 radical (unpaired) electrons. The molecule has 5 nitrogen and oxygen atoms in total. The fourth-order valence-electron chi connectivity index (χ4n) is 3.37. The summed E-state index contributed by atoms with van der Waals surface area (Å²) in [5.41, 5.74) is 7.15. The predicted molar refractivity (Wildman–Crippen MR) is 83.5 cm³/mol. The smallest absolute Gasteiger partial charge is 0.134 e. The topological polar surface area (TPSA) is 75.9 Å². The monoisotopic (exact) mass is 287 g/mol. The average molecular weight is 287 g/mol. The number of nitrogens with one attached hydrogen (secondary N) is 2. The first-order chi connectivity index (χ1) is 10.3. The van der Waals surface area contributed by atoms with Crippen molar-refractivity contribution in [1.29, 1.82) is 0 Å². The zero-order chi connectivity index (χ0) is 14.2. The lowest BCUT2D eigenvalue weighted by Crippen LogP contribution is -2.36. The van der Waals surface area contributed by atoms with Crippen molar-refractivity contribution in [1.82, 2.24) is 15.3 Å². The number of rotatable bonds is 4. The molecule has 0 amide bonds. The molecule has 2 heterocycles. The van der Waals surface area contributed by atoms with Crippen molar-refractivity contribution in [2.45, 2.75) is 62.4 Å². The van der Waals surface area contributed by atoms with E-state index in [1.807, 2.05) is 0 Å². The summed E-state index contributed by atoms with van der Waals surface area (Å²) in [7, 11) is 0. The van der Waals surface area contributed by atoms with Crippen molar-refractivity contribution >= 4 is 5.82 Å². The molecule has 3 fully saturated rings. The van der Waals surface area contributed by atoms with E-state index >= 15 is 0 Å². The highest BCUT2D eigenvalue weighted by atomic mass is 15.1.